The molecule has 0 unspecified atom stereocenters. The topological polar surface area (TPSA) is 21.3 Å². The van der Waals surface area contributed by atoms with E-state index in [0.717, 1.165) is 49.2 Å². The van der Waals surface area contributed by atoms with Crippen molar-refractivity contribution in [3.63, 3.8) is 0 Å². The maximum atomic E-state index is 6.05. The summed E-state index contributed by atoms with van der Waals surface area (Å²) >= 11 is 6.05. The third-order valence-electron chi connectivity index (χ3n) is 2.80. The van der Waals surface area contributed by atoms with Gasteiger partial charge in [0.1, 0.15) is 0 Å². The van der Waals surface area contributed by atoms with Crippen molar-refractivity contribution in [2.24, 2.45) is 5.92 Å². The van der Waals surface area contributed by atoms with Crippen LogP contribution in [-0.2, 0) is 4.74 Å². The molecule has 0 amide bonds. The lowest BCUT2D eigenvalue weighted by molar-refractivity contribution is 0.0699. The fraction of sp³-hybridized carbons (Fsp3) is 0.500. The van der Waals surface area contributed by atoms with Crippen LogP contribution < -0.4 is 5.32 Å². The van der Waals surface area contributed by atoms with Crippen LogP contribution in [0.4, 0.5) is 5.69 Å². The monoisotopic (exact) mass is 225 g/mol. The second kappa shape index (κ2) is 5.38. The lowest BCUT2D eigenvalue weighted by atomic mass is 10.0. The van der Waals surface area contributed by atoms with E-state index in [1.807, 2.05) is 24.3 Å². The van der Waals surface area contributed by atoms with Crippen LogP contribution in [0, 0.1) is 5.92 Å². The van der Waals surface area contributed by atoms with Crippen molar-refractivity contribution >= 4 is 17.3 Å². The molecule has 1 fully saturated rings. The Kier molecular flexibility index (Phi) is 3.87. The number of ether oxygens (including phenoxy) is 1. The zero-order chi connectivity index (χ0) is 10.5. The third kappa shape index (κ3) is 3.11. The number of para-hydroxylation sites is 1. The zero-order valence-electron chi connectivity index (χ0n) is 8.71. The molecular weight excluding hydrogens is 210 g/mol. The van der Waals surface area contributed by atoms with E-state index in [1.54, 1.807) is 0 Å². The first kappa shape index (κ1) is 10.8. The Morgan fingerprint density at radius 1 is 1.27 bits per heavy atom. The van der Waals surface area contributed by atoms with Gasteiger partial charge in [0.05, 0.1) is 10.7 Å². The molecule has 2 rings (SSSR count). The molecule has 1 N–H and O–H groups in total. The molecule has 1 aromatic rings. The van der Waals surface area contributed by atoms with Gasteiger partial charge in [0.2, 0.25) is 0 Å². The highest BCUT2D eigenvalue weighted by molar-refractivity contribution is 6.33. The molecule has 1 saturated heterocycles. The normalized spacial score (nSPS) is 17.7. The van der Waals surface area contributed by atoms with Crippen LogP contribution in [0.2, 0.25) is 5.02 Å². The first-order valence-electron chi connectivity index (χ1n) is 5.42. The Morgan fingerprint density at radius 2 is 2.00 bits per heavy atom. The van der Waals surface area contributed by atoms with E-state index in [-0.39, 0.29) is 0 Å². The predicted octanol–water partition coefficient (Wildman–Crippen LogP) is 3.18. The van der Waals surface area contributed by atoms with Gasteiger partial charge in [0.25, 0.3) is 0 Å². The molecule has 0 aromatic heterocycles. The summed E-state index contributed by atoms with van der Waals surface area (Å²) in [4.78, 5) is 0. The number of rotatable bonds is 3. The van der Waals surface area contributed by atoms with Gasteiger partial charge in [-0.1, -0.05) is 23.7 Å². The van der Waals surface area contributed by atoms with Crippen LogP contribution in [0.3, 0.4) is 0 Å². The summed E-state index contributed by atoms with van der Waals surface area (Å²) in [5, 5.41) is 4.19. The lowest BCUT2D eigenvalue weighted by Gasteiger charge is -2.22. The number of nitrogens with one attached hydrogen (secondary N) is 1. The van der Waals surface area contributed by atoms with Crippen LogP contribution in [0.15, 0.2) is 24.3 Å². The molecule has 15 heavy (non-hydrogen) atoms. The van der Waals surface area contributed by atoms with Crippen molar-refractivity contribution in [1.29, 1.82) is 0 Å². The highest BCUT2D eigenvalue weighted by atomic mass is 35.5. The van der Waals surface area contributed by atoms with Gasteiger partial charge in [-0.05, 0) is 30.9 Å². The standard InChI is InChI=1S/C12H16ClNO/c13-11-3-1-2-4-12(11)14-9-10-5-7-15-8-6-10/h1-4,10,14H,5-9H2. The largest absolute Gasteiger partial charge is 0.384 e. The fourth-order valence-corrected chi connectivity index (χ4v) is 2.01. The smallest absolute Gasteiger partial charge is 0.0637 e. The molecule has 1 heterocycles. The molecule has 82 valence electrons. The van der Waals surface area contributed by atoms with Gasteiger partial charge in [-0.2, -0.15) is 0 Å². The van der Waals surface area contributed by atoms with E-state index in [0.29, 0.717) is 0 Å². The maximum Gasteiger partial charge on any atom is 0.0637 e. The van der Waals surface area contributed by atoms with Gasteiger partial charge in [-0.15, -0.1) is 0 Å². The third-order valence-corrected chi connectivity index (χ3v) is 3.13. The number of hydrogen-bond donors (Lipinski definition) is 1. The number of benzene rings is 1. The summed E-state index contributed by atoms with van der Waals surface area (Å²) in [5.41, 5.74) is 1.03. The molecule has 0 atom stereocenters. The average Bonchev–Trinajstić information content (AvgIpc) is 2.29. The molecule has 0 spiro atoms. The van der Waals surface area contributed by atoms with Crippen molar-refractivity contribution in [2.45, 2.75) is 12.8 Å². The van der Waals surface area contributed by atoms with Crippen molar-refractivity contribution in [3.8, 4) is 0 Å². The van der Waals surface area contributed by atoms with Crippen molar-refractivity contribution < 1.29 is 4.74 Å². The van der Waals surface area contributed by atoms with Gasteiger partial charge >= 0.3 is 0 Å². The Balaban J connectivity index is 1.84. The number of anilines is 1. The Bertz CT molecular complexity index is 310. The highest BCUT2D eigenvalue weighted by Gasteiger charge is 2.13. The SMILES string of the molecule is Clc1ccccc1NCC1CCOCC1. The molecule has 0 aliphatic carbocycles. The molecule has 1 aliphatic heterocycles. The van der Waals surface area contributed by atoms with Crippen molar-refractivity contribution in [1.82, 2.24) is 0 Å². The molecular formula is C12H16ClNO. The van der Waals surface area contributed by atoms with Crippen LogP contribution in [-0.4, -0.2) is 19.8 Å². The van der Waals surface area contributed by atoms with E-state index in [2.05, 4.69) is 5.32 Å². The fourth-order valence-electron chi connectivity index (χ4n) is 1.81. The highest BCUT2D eigenvalue weighted by Crippen LogP contribution is 2.22. The van der Waals surface area contributed by atoms with Gasteiger partial charge in [0.15, 0.2) is 0 Å². The van der Waals surface area contributed by atoms with Gasteiger partial charge in [0, 0.05) is 19.8 Å². The zero-order valence-corrected chi connectivity index (χ0v) is 9.46. The average molecular weight is 226 g/mol. The molecule has 3 heteroatoms. The summed E-state index contributed by atoms with van der Waals surface area (Å²) < 4.78 is 5.32. The maximum absolute atomic E-state index is 6.05. The van der Waals surface area contributed by atoms with Crippen molar-refractivity contribution in [2.75, 3.05) is 25.1 Å². The minimum Gasteiger partial charge on any atom is -0.384 e. The first-order valence-corrected chi connectivity index (χ1v) is 5.80. The minimum absolute atomic E-state index is 0.718. The molecule has 0 saturated carbocycles. The van der Waals surface area contributed by atoms with Gasteiger partial charge in [-0.25, -0.2) is 0 Å². The molecule has 1 aliphatic rings. The number of halogens is 1. The summed E-state index contributed by atoms with van der Waals surface area (Å²) in [6.45, 7) is 2.79. The molecule has 1 aromatic carbocycles. The lowest BCUT2D eigenvalue weighted by Crippen LogP contribution is -2.22. The predicted molar refractivity (Wildman–Crippen MR) is 63.5 cm³/mol. The second-order valence-electron chi connectivity index (χ2n) is 3.92. The van der Waals surface area contributed by atoms with Crippen LogP contribution in [0.1, 0.15) is 12.8 Å². The van der Waals surface area contributed by atoms with Crippen LogP contribution in [0.25, 0.3) is 0 Å². The molecule has 0 radical (unpaired) electrons. The molecule has 0 bridgehead atoms. The van der Waals surface area contributed by atoms with E-state index >= 15 is 0 Å². The van der Waals surface area contributed by atoms with Crippen LogP contribution in [0.5, 0.6) is 0 Å². The first-order chi connectivity index (χ1) is 7.36. The number of hydrogen-bond acceptors (Lipinski definition) is 2. The Labute approximate surface area is 95.6 Å². The minimum atomic E-state index is 0.718. The quantitative estimate of drug-likeness (QED) is 0.853. The summed E-state index contributed by atoms with van der Waals surface area (Å²) in [7, 11) is 0. The second-order valence-corrected chi connectivity index (χ2v) is 4.32. The van der Waals surface area contributed by atoms with E-state index < -0.39 is 0 Å². The molecule has 2 nitrogen and oxygen atoms in total. The van der Waals surface area contributed by atoms with Gasteiger partial charge in [-0.3, -0.25) is 0 Å². The Morgan fingerprint density at radius 3 is 2.73 bits per heavy atom. The van der Waals surface area contributed by atoms with E-state index in [9.17, 15) is 0 Å². The summed E-state index contributed by atoms with van der Waals surface area (Å²) in [6, 6.07) is 7.87. The van der Waals surface area contributed by atoms with E-state index in [1.165, 1.54) is 0 Å². The summed E-state index contributed by atoms with van der Waals surface area (Å²) in [6.07, 6.45) is 2.30. The summed E-state index contributed by atoms with van der Waals surface area (Å²) in [5.74, 6) is 0.718. The Hall–Kier alpha value is -0.730. The van der Waals surface area contributed by atoms with Gasteiger partial charge < -0.3 is 10.1 Å². The van der Waals surface area contributed by atoms with Crippen LogP contribution >= 0.6 is 11.6 Å². The van der Waals surface area contributed by atoms with Crippen molar-refractivity contribution in [3.05, 3.63) is 29.3 Å². The van der Waals surface area contributed by atoms with E-state index in [4.69, 9.17) is 16.3 Å².